The van der Waals surface area contributed by atoms with Gasteiger partial charge in [-0.15, -0.1) is 0 Å². The molecule has 1 aliphatic rings. The fraction of sp³-hybridized carbons (Fsp3) is 0.545. The summed E-state index contributed by atoms with van der Waals surface area (Å²) in [4.78, 5) is 13.0. The van der Waals surface area contributed by atoms with Crippen LogP contribution in [0.15, 0.2) is 24.4 Å². The Morgan fingerprint density at radius 3 is 2.71 bits per heavy atom. The lowest BCUT2D eigenvalue weighted by Gasteiger charge is -2.26. The number of aliphatic hydroxyl groups is 1. The lowest BCUT2D eigenvalue weighted by atomic mass is 9.87. The second-order valence-corrected chi connectivity index (χ2v) is 8.29. The van der Waals surface area contributed by atoms with Gasteiger partial charge in [-0.3, -0.25) is 4.79 Å². The molecule has 1 saturated carbocycles. The molecule has 0 atom stereocenters. The number of rotatable bonds is 8. The van der Waals surface area contributed by atoms with Gasteiger partial charge < -0.3 is 19.7 Å². The molecule has 0 radical (unpaired) electrons. The summed E-state index contributed by atoms with van der Waals surface area (Å²) in [5.74, 6) is -0.128. The van der Waals surface area contributed by atoms with Gasteiger partial charge in [-0.25, -0.2) is 0 Å². The minimum Gasteiger partial charge on any atom is -0.390 e. The number of carbonyl (C=O) groups is 1. The molecule has 0 aromatic carbocycles. The van der Waals surface area contributed by atoms with Crippen molar-refractivity contribution >= 4 is 28.6 Å². The van der Waals surface area contributed by atoms with Crippen LogP contribution in [-0.2, 0) is 11.2 Å². The van der Waals surface area contributed by atoms with Crippen LogP contribution in [0.4, 0.5) is 0 Å². The average molecular weight is 405 g/mol. The highest BCUT2D eigenvalue weighted by Crippen LogP contribution is 2.31. The Hall–Kier alpha value is -1.69. The smallest absolute Gasteiger partial charge is 0.170 e. The predicted octanol–water partition coefficient (Wildman–Crippen LogP) is 4.85. The number of ether oxygens (including phenoxy) is 1. The van der Waals surface area contributed by atoms with Gasteiger partial charge >= 0.3 is 0 Å². The first kappa shape index (κ1) is 21.0. The second kappa shape index (κ2) is 9.21. The number of Topliss-reactive ketones (excluding diaryl/α,β-unsaturated/α-hetero) is 1. The molecule has 2 aromatic heterocycles. The number of hydrogen-bond acceptors (Lipinski definition) is 4. The van der Waals surface area contributed by atoms with Crippen LogP contribution in [0.3, 0.4) is 0 Å². The molecular weight excluding hydrogens is 376 g/mol. The molecule has 1 fully saturated rings. The topological polar surface area (TPSA) is 74.8 Å². The molecule has 2 aromatic rings. The van der Waals surface area contributed by atoms with Gasteiger partial charge in [0.15, 0.2) is 5.78 Å². The monoisotopic (exact) mass is 404 g/mol. The van der Waals surface area contributed by atoms with Crippen molar-refractivity contribution in [1.82, 2.24) is 4.40 Å². The molecule has 0 bridgehead atoms. The third kappa shape index (κ3) is 4.83. The Kier molecular flexibility index (Phi) is 6.91. The van der Waals surface area contributed by atoms with E-state index in [1.54, 1.807) is 13.2 Å². The first-order valence-corrected chi connectivity index (χ1v) is 10.4. The Morgan fingerprint density at radius 2 is 2.04 bits per heavy atom. The van der Waals surface area contributed by atoms with Crippen LogP contribution in [0.5, 0.6) is 0 Å². The molecule has 0 spiro atoms. The highest BCUT2D eigenvalue weighted by Gasteiger charge is 2.30. The standard InChI is InChI=1S/C22H29ClN2O3/c1-28-12-8-17-14-18(21-19(23)7-6-11-25(17)21)20(26)13-16(24)15-22(27)9-4-2-3-5-10-22/h6-7,11,14,24,27H,2-5,8-10,12-13,15H2,1H3. The normalized spacial score (nSPS) is 16.8. The first-order valence-electron chi connectivity index (χ1n) is 10.0. The van der Waals surface area contributed by atoms with Crippen molar-refractivity contribution in [3.8, 4) is 0 Å². The molecule has 5 nitrogen and oxygen atoms in total. The number of pyridine rings is 1. The fourth-order valence-corrected chi connectivity index (χ4v) is 4.47. The Balaban J connectivity index is 1.78. The maximum absolute atomic E-state index is 13.0. The molecule has 0 saturated heterocycles. The summed E-state index contributed by atoms with van der Waals surface area (Å²) in [6.45, 7) is 0.551. The molecule has 152 valence electrons. The Morgan fingerprint density at radius 1 is 1.32 bits per heavy atom. The predicted molar refractivity (Wildman–Crippen MR) is 112 cm³/mol. The van der Waals surface area contributed by atoms with Crippen LogP contribution in [0.25, 0.3) is 5.52 Å². The lowest BCUT2D eigenvalue weighted by molar-refractivity contribution is 0.0317. The third-order valence-corrected chi connectivity index (χ3v) is 5.94. The highest BCUT2D eigenvalue weighted by molar-refractivity contribution is 6.35. The van der Waals surface area contributed by atoms with E-state index in [0.29, 0.717) is 47.7 Å². The highest BCUT2D eigenvalue weighted by atomic mass is 35.5. The Labute approximate surface area is 171 Å². The van der Waals surface area contributed by atoms with Crippen molar-refractivity contribution in [2.24, 2.45) is 0 Å². The molecular formula is C22H29ClN2O3. The maximum Gasteiger partial charge on any atom is 0.170 e. The van der Waals surface area contributed by atoms with Crippen molar-refractivity contribution in [2.45, 2.75) is 63.4 Å². The van der Waals surface area contributed by atoms with Gasteiger partial charge in [-0.1, -0.05) is 37.3 Å². The molecule has 0 amide bonds. The molecule has 0 unspecified atom stereocenters. The summed E-state index contributed by atoms with van der Waals surface area (Å²) >= 11 is 6.39. The number of halogens is 1. The number of nitrogens with zero attached hydrogens (tertiary/aromatic N) is 1. The number of carbonyl (C=O) groups excluding carboxylic acids is 1. The van der Waals surface area contributed by atoms with Crippen LogP contribution in [0.1, 0.15) is 67.4 Å². The SMILES string of the molecule is COCCc1cc(C(=O)CC(=N)CC2(O)CCCCCC2)c2c(Cl)cccn12. The van der Waals surface area contributed by atoms with Crippen molar-refractivity contribution < 1.29 is 14.6 Å². The summed E-state index contributed by atoms with van der Waals surface area (Å²) in [6.07, 6.45) is 8.51. The molecule has 2 heterocycles. The van der Waals surface area contributed by atoms with Crippen LogP contribution >= 0.6 is 11.6 Å². The van der Waals surface area contributed by atoms with E-state index in [-0.39, 0.29) is 18.6 Å². The average Bonchev–Trinajstić information content (AvgIpc) is 2.89. The lowest BCUT2D eigenvalue weighted by Crippen LogP contribution is -2.31. The van der Waals surface area contributed by atoms with Crippen LogP contribution in [-0.4, -0.2) is 40.3 Å². The second-order valence-electron chi connectivity index (χ2n) is 7.89. The van der Waals surface area contributed by atoms with Gasteiger partial charge in [0.1, 0.15) is 0 Å². The third-order valence-electron chi connectivity index (χ3n) is 5.63. The summed E-state index contributed by atoms with van der Waals surface area (Å²) in [6, 6.07) is 5.48. The molecule has 28 heavy (non-hydrogen) atoms. The Bertz CT molecular complexity index is 851. The summed E-state index contributed by atoms with van der Waals surface area (Å²) in [7, 11) is 1.65. The summed E-state index contributed by atoms with van der Waals surface area (Å²) in [5, 5.41) is 19.7. The minimum atomic E-state index is -0.835. The maximum atomic E-state index is 13.0. The molecule has 2 N–H and O–H groups in total. The fourth-order valence-electron chi connectivity index (χ4n) is 4.21. The van der Waals surface area contributed by atoms with Crippen molar-refractivity contribution in [3.63, 3.8) is 0 Å². The summed E-state index contributed by atoms with van der Waals surface area (Å²) < 4.78 is 7.10. The van der Waals surface area contributed by atoms with Crippen LogP contribution in [0, 0.1) is 5.41 Å². The number of fused-ring (bicyclic) bond motifs is 1. The minimum absolute atomic E-state index is 0.0108. The van der Waals surface area contributed by atoms with Crippen LogP contribution < -0.4 is 0 Å². The van der Waals surface area contributed by atoms with E-state index in [2.05, 4.69) is 0 Å². The van der Waals surface area contributed by atoms with Crippen molar-refractivity contribution in [3.05, 3.63) is 40.7 Å². The number of hydrogen-bond donors (Lipinski definition) is 2. The summed E-state index contributed by atoms with van der Waals surface area (Å²) in [5.41, 5.74) is 1.63. The number of methoxy groups -OCH3 is 1. The van der Waals surface area contributed by atoms with E-state index >= 15 is 0 Å². The zero-order valence-electron chi connectivity index (χ0n) is 16.5. The number of ketones is 1. The van der Waals surface area contributed by atoms with Crippen molar-refractivity contribution in [1.29, 1.82) is 5.41 Å². The quantitative estimate of drug-likeness (QED) is 0.375. The van der Waals surface area contributed by atoms with E-state index in [1.165, 1.54) is 0 Å². The molecule has 1 aliphatic carbocycles. The van der Waals surface area contributed by atoms with Crippen LogP contribution in [0.2, 0.25) is 5.02 Å². The zero-order valence-corrected chi connectivity index (χ0v) is 17.2. The van der Waals surface area contributed by atoms with E-state index in [4.69, 9.17) is 21.7 Å². The van der Waals surface area contributed by atoms with Gasteiger partial charge in [0.25, 0.3) is 0 Å². The van der Waals surface area contributed by atoms with E-state index < -0.39 is 5.60 Å². The molecule has 0 aliphatic heterocycles. The number of aromatic nitrogens is 1. The van der Waals surface area contributed by atoms with Gasteiger partial charge in [0, 0.05) is 49.5 Å². The zero-order chi connectivity index (χ0) is 20.1. The largest absolute Gasteiger partial charge is 0.390 e. The van der Waals surface area contributed by atoms with Gasteiger partial charge in [-0.05, 0) is 31.0 Å². The number of nitrogens with one attached hydrogen (secondary N) is 1. The van der Waals surface area contributed by atoms with Gasteiger partial charge in [-0.2, -0.15) is 0 Å². The van der Waals surface area contributed by atoms with E-state index in [0.717, 1.165) is 31.4 Å². The van der Waals surface area contributed by atoms with Crippen molar-refractivity contribution in [2.75, 3.05) is 13.7 Å². The van der Waals surface area contributed by atoms with E-state index in [1.807, 2.05) is 22.7 Å². The first-order chi connectivity index (χ1) is 13.4. The van der Waals surface area contributed by atoms with Gasteiger partial charge in [0.05, 0.1) is 22.7 Å². The molecule has 3 rings (SSSR count). The van der Waals surface area contributed by atoms with Gasteiger partial charge in [0.2, 0.25) is 0 Å². The molecule has 6 heteroatoms. The van der Waals surface area contributed by atoms with E-state index in [9.17, 15) is 9.90 Å².